The summed E-state index contributed by atoms with van der Waals surface area (Å²) in [5.74, 6) is -1.79. The molecule has 238 valence electrons. The highest BCUT2D eigenvalue weighted by Gasteiger charge is 2.28. The lowest BCUT2D eigenvalue weighted by Crippen LogP contribution is -2.25. The average molecular weight is 609 g/mol. The molecule has 9 heteroatoms. The van der Waals surface area contributed by atoms with Gasteiger partial charge in [-0.1, -0.05) is 39.2 Å². The first-order chi connectivity index (χ1) is 21.3. The van der Waals surface area contributed by atoms with E-state index in [0.29, 0.717) is 24.9 Å². The van der Waals surface area contributed by atoms with E-state index in [1.165, 1.54) is 43.9 Å². The summed E-state index contributed by atoms with van der Waals surface area (Å²) in [7, 11) is 0. The standard InChI is InChI=1S/C35H44O9/c1-3-5-8-11-25-12-14-26(15-13-25)34(39)43-29-20-21-31(30(24-29)33(37)38)44-35(40)27-16-18-28(19-17-27)41-22-9-6-7-10-23-42-32(36)4-2/h4,16-21,24-26H,2-3,5-15,22-23H2,1H3,(H,37,38)/t25-,26-. The lowest BCUT2D eigenvalue weighted by Gasteiger charge is -2.27. The number of rotatable bonds is 18. The predicted octanol–water partition coefficient (Wildman–Crippen LogP) is 7.56. The van der Waals surface area contributed by atoms with Crippen molar-refractivity contribution in [1.82, 2.24) is 0 Å². The van der Waals surface area contributed by atoms with Gasteiger partial charge in [0.05, 0.1) is 24.7 Å². The lowest BCUT2D eigenvalue weighted by molar-refractivity contribution is -0.140. The zero-order chi connectivity index (χ0) is 31.7. The van der Waals surface area contributed by atoms with Crippen molar-refractivity contribution in [3.05, 3.63) is 66.2 Å². The van der Waals surface area contributed by atoms with Crippen LogP contribution in [0.4, 0.5) is 0 Å². The highest BCUT2D eigenvalue weighted by Crippen LogP contribution is 2.33. The van der Waals surface area contributed by atoms with E-state index in [4.69, 9.17) is 18.9 Å². The van der Waals surface area contributed by atoms with Gasteiger partial charge in [-0.2, -0.15) is 0 Å². The number of unbranched alkanes of at least 4 members (excludes halogenated alkanes) is 5. The Bertz CT molecular complexity index is 1240. The van der Waals surface area contributed by atoms with Gasteiger partial charge in [-0.05, 0) is 99.7 Å². The lowest BCUT2D eigenvalue weighted by atomic mass is 9.80. The van der Waals surface area contributed by atoms with Crippen LogP contribution in [-0.2, 0) is 14.3 Å². The Hall–Kier alpha value is -4.14. The van der Waals surface area contributed by atoms with E-state index >= 15 is 0 Å². The normalized spacial score (nSPS) is 16.0. The number of carbonyl (C=O) groups excluding carboxylic acids is 3. The fourth-order valence-corrected chi connectivity index (χ4v) is 5.22. The Kier molecular flexibility index (Phi) is 14.4. The third-order valence-electron chi connectivity index (χ3n) is 7.81. The molecule has 0 amide bonds. The van der Waals surface area contributed by atoms with Gasteiger partial charge in [-0.15, -0.1) is 0 Å². The second-order valence-electron chi connectivity index (χ2n) is 11.1. The van der Waals surface area contributed by atoms with E-state index in [1.54, 1.807) is 24.3 Å². The summed E-state index contributed by atoms with van der Waals surface area (Å²) in [5.41, 5.74) is -0.0503. The summed E-state index contributed by atoms with van der Waals surface area (Å²) in [6.07, 6.45) is 13.0. The number of aromatic carboxylic acids is 1. The average Bonchev–Trinajstić information content (AvgIpc) is 3.03. The minimum atomic E-state index is -1.31. The highest BCUT2D eigenvalue weighted by molar-refractivity contribution is 5.96. The minimum Gasteiger partial charge on any atom is -0.494 e. The summed E-state index contributed by atoms with van der Waals surface area (Å²) in [5, 5.41) is 9.73. The van der Waals surface area contributed by atoms with E-state index in [2.05, 4.69) is 13.5 Å². The van der Waals surface area contributed by atoms with Crippen LogP contribution in [0.25, 0.3) is 0 Å². The van der Waals surface area contributed by atoms with Gasteiger partial charge in [0.25, 0.3) is 0 Å². The molecule has 0 aliphatic heterocycles. The van der Waals surface area contributed by atoms with E-state index in [9.17, 15) is 24.3 Å². The van der Waals surface area contributed by atoms with Gasteiger partial charge in [0, 0.05) is 6.08 Å². The number of esters is 3. The number of carboxylic acid groups (broad SMARTS) is 1. The molecule has 1 N–H and O–H groups in total. The SMILES string of the molecule is C=CC(=O)OCCCCCCOc1ccc(C(=O)Oc2ccc(OC(=O)[C@H]3CC[C@H](CCCCC)CC3)cc2C(=O)O)cc1. The van der Waals surface area contributed by atoms with Crippen LogP contribution >= 0.6 is 0 Å². The number of hydrogen-bond acceptors (Lipinski definition) is 8. The number of ether oxygens (including phenoxy) is 4. The van der Waals surface area contributed by atoms with Crippen LogP contribution < -0.4 is 14.2 Å². The molecule has 44 heavy (non-hydrogen) atoms. The molecule has 0 spiro atoms. The van der Waals surface area contributed by atoms with Gasteiger partial charge in [-0.3, -0.25) is 4.79 Å². The summed E-state index contributed by atoms with van der Waals surface area (Å²) in [4.78, 5) is 48.5. The van der Waals surface area contributed by atoms with Crippen LogP contribution in [0.3, 0.4) is 0 Å². The van der Waals surface area contributed by atoms with Crippen LogP contribution in [0.15, 0.2) is 55.1 Å². The van der Waals surface area contributed by atoms with Crippen LogP contribution in [-0.4, -0.2) is 42.2 Å². The first-order valence-electron chi connectivity index (χ1n) is 15.6. The second-order valence-corrected chi connectivity index (χ2v) is 11.1. The molecule has 0 bridgehead atoms. The van der Waals surface area contributed by atoms with Gasteiger partial charge in [-0.25, -0.2) is 14.4 Å². The Morgan fingerprint density at radius 3 is 2.18 bits per heavy atom. The molecule has 2 aromatic rings. The Balaban J connectivity index is 1.45. The maximum absolute atomic E-state index is 12.8. The minimum absolute atomic E-state index is 0.106. The van der Waals surface area contributed by atoms with E-state index < -0.39 is 17.9 Å². The first kappa shape index (κ1) is 34.4. The number of carbonyl (C=O) groups is 4. The quantitative estimate of drug-likeness (QED) is 0.0789. The van der Waals surface area contributed by atoms with Crippen molar-refractivity contribution in [3.63, 3.8) is 0 Å². The number of hydrogen-bond donors (Lipinski definition) is 1. The maximum atomic E-state index is 12.8. The van der Waals surface area contributed by atoms with Crippen molar-refractivity contribution in [3.8, 4) is 17.2 Å². The molecule has 0 heterocycles. The topological polar surface area (TPSA) is 125 Å². The molecule has 3 rings (SSSR count). The van der Waals surface area contributed by atoms with Crippen molar-refractivity contribution in [2.24, 2.45) is 11.8 Å². The molecular formula is C35H44O9. The van der Waals surface area contributed by atoms with Gasteiger partial charge in [0.2, 0.25) is 0 Å². The number of benzene rings is 2. The smallest absolute Gasteiger partial charge is 0.343 e. The van der Waals surface area contributed by atoms with Crippen molar-refractivity contribution in [2.45, 2.75) is 84.0 Å². The second kappa shape index (κ2) is 18.5. The van der Waals surface area contributed by atoms with E-state index in [-0.39, 0.29) is 34.5 Å². The monoisotopic (exact) mass is 608 g/mol. The molecule has 0 radical (unpaired) electrons. The largest absolute Gasteiger partial charge is 0.494 e. The third kappa shape index (κ3) is 11.5. The molecule has 0 saturated heterocycles. The zero-order valence-electron chi connectivity index (χ0n) is 25.6. The molecule has 1 saturated carbocycles. The van der Waals surface area contributed by atoms with Crippen LogP contribution in [0, 0.1) is 11.8 Å². The van der Waals surface area contributed by atoms with Gasteiger partial charge in [0.1, 0.15) is 22.8 Å². The van der Waals surface area contributed by atoms with Crippen molar-refractivity contribution in [2.75, 3.05) is 13.2 Å². The van der Waals surface area contributed by atoms with Crippen LogP contribution in [0.1, 0.15) is 105 Å². The van der Waals surface area contributed by atoms with E-state index in [1.807, 2.05) is 0 Å². The van der Waals surface area contributed by atoms with Gasteiger partial charge in [0.15, 0.2) is 0 Å². The Morgan fingerprint density at radius 1 is 0.841 bits per heavy atom. The Labute approximate surface area is 259 Å². The van der Waals surface area contributed by atoms with Crippen molar-refractivity contribution in [1.29, 1.82) is 0 Å². The molecule has 1 aliphatic rings. The highest BCUT2D eigenvalue weighted by atomic mass is 16.5. The van der Waals surface area contributed by atoms with Crippen molar-refractivity contribution < 1.29 is 43.2 Å². The number of carboxylic acids is 1. The summed E-state index contributed by atoms with van der Waals surface area (Å²) < 4.78 is 21.6. The summed E-state index contributed by atoms with van der Waals surface area (Å²) in [6.45, 7) is 6.41. The van der Waals surface area contributed by atoms with Crippen molar-refractivity contribution >= 4 is 23.9 Å². The third-order valence-corrected chi connectivity index (χ3v) is 7.81. The zero-order valence-corrected chi connectivity index (χ0v) is 25.6. The summed E-state index contributed by atoms with van der Waals surface area (Å²) >= 11 is 0. The summed E-state index contributed by atoms with van der Waals surface area (Å²) in [6, 6.07) is 10.4. The molecule has 0 aromatic heterocycles. The molecule has 1 aliphatic carbocycles. The van der Waals surface area contributed by atoms with Crippen LogP contribution in [0.5, 0.6) is 17.2 Å². The molecular weight excluding hydrogens is 564 g/mol. The molecule has 9 nitrogen and oxygen atoms in total. The predicted molar refractivity (Wildman–Crippen MR) is 165 cm³/mol. The first-order valence-corrected chi connectivity index (χ1v) is 15.6. The maximum Gasteiger partial charge on any atom is 0.343 e. The van der Waals surface area contributed by atoms with Gasteiger partial charge < -0.3 is 24.1 Å². The molecule has 1 fully saturated rings. The van der Waals surface area contributed by atoms with Gasteiger partial charge >= 0.3 is 23.9 Å². The van der Waals surface area contributed by atoms with Crippen LogP contribution in [0.2, 0.25) is 0 Å². The molecule has 0 unspecified atom stereocenters. The fraction of sp³-hybridized carbons (Fsp3) is 0.486. The Morgan fingerprint density at radius 2 is 1.52 bits per heavy atom. The molecule has 0 atom stereocenters. The molecule has 2 aromatic carbocycles. The van der Waals surface area contributed by atoms with E-state index in [0.717, 1.165) is 57.4 Å². The fourth-order valence-electron chi connectivity index (χ4n) is 5.22.